The van der Waals surface area contributed by atoms with Gasteiger partial charge in [-0.05, 0) is 26.7 Å². The molecule has 1 saturated carbocycles. The Morgan fingerprint density at radius 2 is 2.00 bits per heavy atom. The van der Waals surface area contributed by atoms with Crippen molar-refractivity contribution in [3.05, 3.63) is 0 Å². The van der Waals surface area contributed by atoms with Gasteiger partial charge in [-0.15, -0.1) is 0 Å². The van der Waals surface area contributed by atoms with Crippen molar-refractivity contribution >= 4 is 5.91 Å². The summed E-state index contributed by atoms with van der Waals surface area (Å²) in [7, 11) is 1.73. The Morgan fingerprint density at radius 1 is 1.55 bits per heavy atom. The molecule has 1 amide bonds. The Hall–Kier alpha value is -0.570. The second-order valence-corrected chi connectivity index (χ2v) is 3.54. The molecule has 0 aromatic rings. The van der Waals surface area contributed by atoms with E-state index < -0.39 is 5.60 Å². The zero-order chi connectivity index (χ0) is 8.65. The molecule has 1 rings (SSSR count). The van der Waals surface area contributed by atoms with Gasteiger partial charge < -0.3 is 10.0 Å². The first-order valence-corrected chi connectivity index (χ1v) is 3.97. The third-order valence-corrected chi connectivity index (χ3v) is 2.22. The first-order valence-electron chi connectivity index (χ1n) is 3.97. The van der Waals surface area contributed by atoms with Crippen LogP contribution in [0.4, 0.5) is 0 Å². The van der Waals surface area contributed by atoms with Crippen LogP contribution < -0.4 is 0 Å². The number of hydrogen-bond donors (Lipinski definition) is 1. The van der Waals surface area contributed by atoms with Crippen molar-refractivity contribution < 1.29 is 9.90 Å². The first-order chi connectivity index (χ1) is 4.97. The van der Waals surface area contributed by atoms with Crippen molar-refractivity contribution in [2.75, 3.05) is 7.05 Å². The smallest absolute Gasteiger partial charge is 0.254 e. The second-order valence-electron chi connectivity index (χ2n) is 3.54. The van der Waals surface area contributed by atoms with Crippen molar-refractivity contribution in [2.24, 2.45) is 0 Å². The van der Waals surface area contributed by atoms with E-state index in [9.17, 15) is 9.90 Å². The topological polar surface area (TPSA) is 40.5 Å². The summed E-state index contributed by atoms with van der Waals surface area (Å²) >= 11 is 0. The van der Waals surface area contributed by atoms with Gasteiger partial charge >= 0.3 is 0 Å². The van der Waals surface area contributed by atoms with Gasteiger partial charge in [-0.25, -0.2) is 0 Å². The van der Waals surface area contributed by atoms with Crippen LogP contribution in [0.3, 0.4) is 0 Å². The van der Waals surface area contributed by atoms with E-state index in [4.69, 9.17) is 0 Å². The average Bonchev–Trinajstić information content (AvgIpc) is 2.66. The molecule has 0 radical (unpaired) electrons. The zero-order valence-corrected chi connectivity index (χ0v) is 7.29. The Balaban J connectivity index is 2.54. The van der Waals surface area contributed by atoms with Crippen LogP contribution in [0.5, 0.6) is 0 Å². The summed E-state index contributed by atoms with van der Waals surface area (Å²) < 4.78 is 0. The van der Waals surface area contributed by atoms with Crippen molar-refractivity contribution in [3.8, 4) is 0 Å². The van der Waals surface area contributed by atoms with Crippen molar-refractivity contribution in [1.29, 1.82) is 0 Å². The number of carbonyl (C=O) groups is 1. The number of carbonyl (C=O) groups excluding carboxylic acids is 1. The second kappa shape index (κ2) is 2.48. The van der Waals surface area contributed by atoms with Gasteiger partial charge in [0.1, 0.15) is 5.60 Å². The first kappa shape index (κ1) is 8.53. The molecule has 1 aliphatic rings. The lowest BCUT2D eigenvalue weighted by atomic mass is 10.2. The average molecular weight is 157 g/mol. The van der Waals surface area contributed by atoms with E-state index in [1.54, 1.807) is 11.9 Å². The number of nitrogens with zero attached hydrogens (tertiary/aromatic N) is 1. The van der Waals surface area contributed by atoms with E-state index in [-0.39, 0.29) is 11.9 Å². The third-order valence-electron chi connectivity index (χ3n) is 2.22. The number of likely N-dealkylation sites (N-methyl/N-ethyl adjacent to an activating group) is 1. The largest absolute Gasteiger partial charge is 0.380 e. The molecule has 11 heavy (non-hydrogen) atoms. The van der Waals surface area contributed by atoms with Gasteiger partial charge in [-0.3, -0.25) is 4.79 Å². The van der Waals surface area contributed by atoms with Crippen LogP contribution in [-0.2, 0) is 4.79 Å². The fourth-order valence-electron chi connectivity index (χ4n) is 0.895. The number of rotatable bonds is 2. The fraction of sp³-hybridized carbons (Fsp3) is 0.875. The minimum atomic E-state index is -1.00. The number of hydrogen-bond acceptors (Lipinski definition) is 2. The highest BCUT2D eigenvalue weighted by molar-refractivity contribution is 5.87. The minimum absolute atomic E-state index is 0.132. The SMILES string of the molecule is CC(C)N(C)C(=O)C1(O)CC1. The normalized spacial score (nSPS) is 20.1. The van der Waals surface area contributed by atoms with E-state index in [1.165, 1.54) is 0 Å². The quantitative estimate of drug-likeness (QED) is 0.629. The van der Waals surface area contributed by atoms with Crippen molar-refractivity contribution in [2.45, 2.75) is 38.3 Å². The predicted octanol–water partition coefficient (Wildman–Crippen LogP) is 0.378. The summed E-state index contributed by atoms with van der Waals surface area (Å²) in [6.07, 6.45) is 1.26. The summed E-state index contributed by atoms with van der Waals surface area (Å²) in [5, 5.41) is 9.43. The summed E-state index contributed by atoms with van der Waals surface area (Å²) in [5.41, 5.74) is -1.00. The Labute approximate surface area is 67.0 Å². The van der Waals surface area contributed by atoms with E-state index >= 15 is 0 Å². The maximum Gasteiger partial charge on any atom is 0.254 e. The molecule has 64 valence electrons. The minimum Gasteiger partial charge on any atom is -0.380 e. The van der Waals surface area contributed by atoms with Gasteiger partial charge in [0.2, 0.25) is 0 Å². The van der Waals surface area contributed by atoms with E-state index in [1.807, 2.05) is 13.8 Å². The maximum absolute atomic E-state index is 11.3. The van der Waals surface area contributed by atoms with Crippen LogP contribution in [-0.4, -0.2) is 34.6 Å². The molecule has 0 saturated heterocycles. The van der Waals surface area contributed by atoms with Crippen LogP contribution in [0.1, 0.15) is 26.7 Å². The van der Waals surface area contributed by atoms with Crippen LogP contribution in [0.2, 0.25) is 0 Å². The molecule has 0 heterocycles. The summed E-state index contributed by atoms with van der Waals surface area (Å²) in [5.74, 6) is -0.132. The highest BCUT2D eigenvalue weighted by Crippen LogP contribution is 2.36. The lowest BCUT2D eigenvalue weighted by Crippen LogP contribution is -2.41. The van der Waals surface area contributed by atoms with Gasteiger partial charge in [-0.2, -0.15) is 0 Å². The van der Waals surface area contributed by atoms with Gasteiger partial charge in [0.05, 0.1) is 0 Å². The highest BCUT2D eigenvalue weighted by atomic mass is 16.3. The molecule has 0 aromatic carbocycles. The highest BCUT2D eigenvalue weighted by Gasteiger charge is 2.49. The maximum atomic E-state index is 11.3. The standard InChI is InChI=1S/C8H15NO2/c1-6(2)9(3)7(10)8(11)4-5-8/h6,11H,4-5H2,1-3H3. The van der Waals surface area contributed by atoms with E-state index in [2.05, 4.69) is 0 Å². The third kappa shape index (κ3) is 1.53. The molecule has 3 nitrogen and oxygen atoms in total. The van der Waals surface area contributed by atoms with E-state index in [0.717, 1.165) is 0 Å². The van der Waals surface area contributed by atoms with Gasteiger partial charge in [0.25, 0.3) is 5.91 Å². The number of aliphatic hydroxyl groups is 1. The lowest BCUT2D eigenvalue weighted by molar-refractivity contribution is -0.142. The molecule has 3 heteroatoms. The molecule has 1 N–H and O–H groups in total. The van der Waals surface area contributed by atoms with Gasteiger partial charge in [0.15, 0.2) is 0 Å². The molecular formula is C8H15NO2. The van der Waals surface area contributed by atoms with Crippen LogP contribution in [0, 0.1) is 0 Å². The Bertz CT molecular complexity index is 173. The van der Waals surface area contributed by atoms with Crippen LogP contribution >= 0.6 is 0 Å². The van der Waals surface area contributed by atoms with Gasteiger partial charge in [-0.1, -0.05) is 0 Å². The Morgan fingerprint density at radius 3 is 2.27 bits per heavy atom. The lowest BCUT2D eigenvalue weighted by Gasteiger charge is -2.23. The van der Waals surface area contributed by atoms with E-state index in [0.29, 0.717) is 12.8 Å². The molecule has 0 aromatic heterocycles. The molecule has 1 aliphatic carbocycles. The summed E-state index contributed by atoms with van der Waals surface area (Å²) in [4.78, 5) is 12.9. The van der Waals surface area contributed by atoms with Crippen molar-refractivity contribution in [1.82, 2.24) is 4.90 Å². The van der Waals surface area contributed by atoms with Crippen LogP contribution in [0.15, 0.2) is 0 Å². The molecular weight excluding hydrogens is 142 g/mol. The summed E-state index contributed by atoms with van der Waals surface area (Å²) in [6.45, 7) is 3.87. The Kier molecular flexibility index (Phi) is 1.92. The molecule has 0 aliphatic heterocycles. The molecule has 0 unspecified atom stereocenters. The number of amides is 1. The molecule has 1 fully saturated rings. The molecule has 0 atom stereocenters. The summed E-state index contributed by atoms with van der Waals surface area (Å²) in [6, 6.07) is 0.173. The van der Waals surface area contributed by atoms with Gasteiger partial charge in [0, 0.05) is 13.1 Å². The predicted molar refractivity (Wildman–Crippen MR) is 42.1 cm³/mol. The molecule has 0 spiro atoms. The molecule has 0 bridgehead atoms. The van der Waals surface area contributed by atoms with Crippen molar-refractivity contribution in [3.63, 3.8) is 0 Å². The van der Waals surface area contributed by atoms with Crippen LogP contribution in [0.25, 0.3) is 0 Å². The monoisotopic (exact) mass is 157 g/mol. The fourth-order valence-corrected chi connectivity index (χ4v) is 0.895. The zero-order valence-electron chi connectivity index (χ0n) is 7.29.